The molecule has 92 valence electrons. The maximum Gasteiger partial charge on any atom is 0.299 e. The van der Waals surface area contributed by atoms with E-state index in [-0.39, 0.29) is 15.9 Å². The Hall–Kier alpha value is -1.18. The molecule has 1 amide bonds. The highest BCUT2D eigenvalue weighted by Gasteiger charge is 2.25. The maximum absolute atomic E-state index is 12.0. The van der Waals surface area contributed by atoms with Crippen molar-refractivity contribution < 1.29 is 9.72 Å². The van der Waals surface area contributed by atoms with Gasteiger partial charge in [0.15, 0.2) is 4.34 Å². The van der Waals surface area contributed by atoms with Crippen LogP contribution in [0.3, 0.4) is 0 Å². The van der Waals surface area contributed by atoms with Crippen molar-refractivity contribution in [3.05, 3.63) is 25.4 Å². The highest BCUT2D eigenvalue weighted by atomic mass is 35.5. The number of nitrogens with zero attached hydrogens (tertiary/aromatic N) is 2. The summed E-state index contributed by atoms with van der Waals surface area (Å²) >= 11 is 6.67. The first-order chi connectivity index (χ1) is 8.09. The molecular formula is C9H10ClN3O3S. The van der Waals surface area contributed by atoms with Gasteiger partial charge in [0.1, 0.15) is 4.88 Å². The van der Waals surface area contributed by atoms with Crippen LogP contribution in [0.25, 0.3) is 0 Å². The highest BCUT2D eigenvalue weighted by molar-refractivity contribution is 7.18. The summed E-state index contributed by atoms with van der Waals surface area (Å²) in [5.74, 6) is -0.188. The average Bonchev–Trinajstić information content (AvgIpc) is 2.71. The van der Waals surface area contributed by atoms with Crippen molar-refractivity contribution in [2.24, 2.45) is 0 Å². The number of carbonyl (C=O) groups excluding carboxylic acids is 1. The second-order valence-electron chi connectivity index (χ2n) is 3.57. The van der Waals surface area contributed by atoms with Crippen LogP contribution in [-0.2, 0) is 0 Å². The van der Waals surface area contributed by atoms with Gasteiger partial charge in [0.05, 0.1) is 4.92 Å². The zero-order chi connectivity index (χ0) is 12.4. The standard InChI is InChI=1S/C9H10ClN3O3S/c10-8-6(13(15)16)5-7(17-8)9(14)12-3-1-11-2-4-12/h5,11H,1-4H2. The Morgan fingerprint density at radius 1 is 1.53 bits per heavy atom. The molecule has 1 aliphatic heterocycles. The number of rotatable bonds is 2. The molecule has 0 aromatic carbocycles. The Bertz CT molecular complexity index is 456. The largest absolute Gasteiger partial charge is 0.335 e. The quantitative estimate of drug-likeness (QED) is 0.653. The molecule has 0 atom stereocenters. The van der Waals surface area contributed by atoms with Gasteiger partial charge in [-0.15, -0.1) is 11.3 Å². The minimum Gasteiger partial charge on any atom is -0.335 e. The van der Waals surface area contributed by atoms with Crippen molar-refractivity contribution in [2.75, 3.05) is 26.2 Å². The number of carbonyl (C=O) groups is 1. The highest BCUT2D eigenvalue weighted by Crippen LogP contribution is 2.34. The molecule has 1 aliphatic rings. The van der Waals surface area contributed by atoms with E-state index in [9.17, 15) is 14.9 Å². The van der Waals surface area contributed by atoms with E-state index in [1.807, 2.05) is 0 Å². The van der Waals surface area contributed by atoms with E-state index in [4.69, 9.17) is 11.6 Å². The molecule has 8 heteroatoms. The molecule has 17 heavy (non-hydrogen) atoms. The first kappa shape index (κ1) is 12.3. The molecular weight excluding hydrogens is 266 g/mol. The molecule has 0 radical (unpaired) electrons. The number of piperazine rings is 1. The fraction of sp³-hybridized carbons (Fsp3) is 0.444. The van der Waals surface area contributed by atoms with Gasteiger partial charge in [-0.2, -0.15) is 0 Å². The van der Waals surface area contributed by atoms with Crippen molar-refractivity contribution in [1.82, 2.24) is 10.2 Å². The molecule has 0 bridgehead atoms. The molecule has 0 spiro atoms. The number of nitrogens with one attached hydrogen (secondary N) is 1. The summed E-state index contributed by atoms with van der Waals surface area (Å²) in [5, 5.41) is 13.8. The summed E-state index contributed by atoms with van der Waals surface area (Å²) in [6.45, 7) is 2.71. The van der Waals surface area contributed by atoms with Gasteiger partial charge in [-0.1, -0.05) is 11.6 Å². The fourth-order valence-electron chi connectivity index (χ4n) is 1.61. The van der Waals surface area contributed by atoms with E-state index < -0.39 is 4.92 Å². The SMILES string of the molecule is O=C(c1cc([N+](=O)[O-])c(Cl)s1)N1CCNCC1. The van der Waals surface area contributed by atoms with Gasteiger partial charge in [-0.05, 0) is 0 Å². The van der Waals surface area contributed by atoms with Crippen LogP contribution in [0.4, 0.5) is 5.69 Å². The first-order valence-electron chi connectivity index (χ1n) is 5.03. The van der Waals surface area contributed by atoms with E-state index in [1.165, 1.54) is 6.07 Å². The van der Waals surface area contributed by atoms with Crippen LogP contribution in [0.5, 0.6) is 0 Å². The molecule has 1 N–H and O–H groups in total. The number of hydrogen-bond donors (Lipinski definition) is 1. The second-order valence-corrected chi connectivity index (χ2v) is 5.22. The van der Waals surface area contributed by atoms with Crippen LogP contribution in [-0.4, -0.2) is 41.9 Å². The number of halogens is 1. The predicted octanol–water partition coefficient (Wildman–Crippen LogP) is 1.36. The minimum absolute atomic E-state index is 0.0495. The summed E-state index contributed by atoms with van der Waals surface area (Å²) in [7, 11) is 0. The van der Waals surface area contributed by atoms with Crippen LogP contribution in [0.15, 0.2) is 6.07 Å². The lowest BCUT2D eigenvalue weighted by atomic mass is 10.3. The maximum atomic E-state index is 12.0. The molecule has 1 aromatic rings. The van der Waals surface area contributed by atoms with Crippen molar-refractivity contribution in [1.29, 1.82) is 0 Å². The number of thiophene rings is 1. The third kappa shape index (κ3) is 2.56. The average molecular weight is 276 g/mol. The lowest BCUT2D eigenvalue weighted by molar-refractivity contribution is -0.384. The molecule has 6 nitrogen and oxygen atoms in total. The Kier molecular flexibility index (Phi) is 3.60. The van der Waals surface area contributed by atoms with E-state index in [1.54, 1.807) is 4.90 Å². The Labute approximate surface area is 106 Å². The van der Waals surface area contributed by atoms with Gasteiger partial charge in [0.25, 0.3) is 11.6 Å². The smallest absolute Gasteiger partial charge is 0.299 e. The zero-order valence-electron chi connectivity index (χ0n) is 8.81. The van der Waals surface area contributed by atoms with Crippen molar-refractivity contribution >= 4 is 34.5 Å². The number of amides is 1. The van der Waals surface area contributed by atoms with Gasteiger partial charge in [0.2, 0.25) is 0 Å². The summed E-state index contributed by atoms with van der Waals surface area (Å²) in [6, 6.07) is 1.25. The van der Waals surface area contributed by atoms with Gasteiger partial charge < -0.3 is 10.2 Å². The fourth-order valence-corrected chi connectivity index (χ4v) is 2.80. The van der Waals surface area contributed by atoms with E-state index in [0.717, 1.165) is 24.4 Å². The van der Waals surface area contributed by atoms with Gasteiger partial charge in [-0.25, -0.2) is 0 Å². The van der Waals surface area contributed by atoms with Crippen molar-refractivity contribution in [2.45, 2.75) is 0 Å². The van der Waals surface area contributed by atoms with Gasteiger partial charge in [0, 0.05) is 32.2 Å². The number of nitro groups is 1. The van der Waals surface area contributed by atoms with E-state index in [2.05, 4.69) is 5.32 Å². The molecule has 0 aliphatic carbocycles. The monoisotopic (exact) mass is 275 g/mol. The lowest BCUT2D eigenvalue weighted by Gasteiger charge is -2.26. The van der Waals surface area contributed by atoms with Crippen molar-refractivity contribution in [3.63, 3.8) is 0 Å². The molecule has 2 heterocycles. The van der Waals surface area contributed by atoms with E-state index >= 15 is 0 Å². The van der Waals surface area contributed by atoms with Crippen LogP contribution in [0.1, 0.15) is 9.67 Å². The zero-order valence-corrected chi connectivity index (χ0v) is 10.4. The molecule has 0 saturated carbocycles. The van der Waals surface area contributed by atoms with Gasteiger partial charge >= 0.3 is 0 Å². The normalized spacial score (nSPS) is 15.9. The van der Waals surface area contributed by atoms with Gasteiger partial charge in [-0.3, -0.25) is 14.9 Å². The first-order valence-corrected chi connectivity index (χ1v) is 6.23. The van der Waals surface area contributed by atoms with Crippen molar-refractivity contribution in [3.8, 4) is 0 Å². The van der Waals surface area contributed by atoms with Crippen LogP contribution < -0.4 is 5.32 Å². The summed E-state index contributed by atoms with van der Waals surface area (Å²) in [5.41, 5.74) is -0.199. The number of hydrogen-bond acceptors (Lipinski definition) is 5. The van der Waals surface area contributed by atoms with E-state index in [0.29, 0.717) is 18.0 Å². The molecule has 1 aromatic heterocycles. The predicted molar refractivity (Wildman–Crippen MR) is 64.8 cm³/mol. The molecule has 0 unspecified atom stereocenters. The topological polar surface area (TPSA) is 75.5 Å². The summed E-state index contributed by atoms with van der Waals surface area (Å²) in [6.07, 6.45) is 0. The molecule has 1 fully saturated rings. The molecule has 1 saturated heterocycles. The Morgan fingerprint density at radius 2 is 2.18 bits per heavy atom. The lowest BCUT2D eigenvalue weighted by Crippen LogP contribution is -2.46. The third-order valence-electron chi connectivity index (χ3n) is 2.48. The Morgan fingerprint density at radius 3 is 2.71 bits per heavy atom. The third-order valence-corrected chi connectivity index (χ3v) is 3.81. The minimum atomic E-state index is -0.576. The summed E-state index contributed by atoms with van der Waals surface area (Å²) < 4.78 is 0.0495. The van der Waals surface area contributed by atoms with Crippen LogP contribution in [0, 0.1) is 10.1 Å². The molecule has 2 rings (SSSR count). The Balaban J connectivity index is 2.19. The summed E-state index contributed by atoms with van der Waals surface area (Å²) in [4.78, 5) is 24.1. The van der Waals surface area contributed by atoms with Crippen LogP contribution in [0.2, 0.25) is 4.34 Å². The second kappa shape index (κ2) is 4.99. The van der Waals surface area contributed by atoms with Crippen LogP contribution >= 0.6 is 22.9 Å².